The minimum absolute atomic E-state index is 0.395. The van der Waals surface area contributed by atoms with Gasteiger partial charge in [0.05, 0.1) is 0 Å². The summed E-state index contributed by atoms with van der Waals surface area (Å²) < 4.78 is 4.91. The normalized spacial score (nSPS) is 11.6. The second-order valence-corrected chi connectivity index (χ2v) is 2.61. The van der Waals surface area contributed by atoms with Crippen molar-refractivity contribution in [3.63, 3.8) is 0 Å². The monoisotopic (exact) mass is 200 g/mol. The van der Waals surface area contributed by atoms with E-state index in [1.54, 1.807) is 24.3 Å². The van der Waals surface area contributed by atoms with Gasteiger partial charge < -0.3 is 4.52 Å². The first-order chi connectivity index (χ1) is 7.31. The number of allylic oxidation sites excluding steroid dienone is 6. The lowest BCUT2D eigenvalue weighted by atomic mass is 10.2. The highest BCUT2D eigenvalue weighted by Gasteiger charge is 2.05. The van der Waals surface area contributed by atoms with Crippen LogP contribution in [-0.2, 0) is 0 Å². The molecule has 0 aromatic carbocycles. The molecule has 0 amide bonds. The Morgan fingerprint density at radius 1 is 1.20 bits per heavy atom. The van der Waals surface area contributed by atoms with Crippen LogP contribution in [0.25, 0.3) is 11.6 Å². The van der Waals surface area contributed by atoms with E-state index in [4.69, 9.17) is 4.52 Å². The van der Waals surface area contributed by atoms with Crippen LogP contribution in [0.2, 0.25) is 0 Å². The van der Waals surface area contributed by atoms with Gasteiger partial charge in [-0.25, -0.2) is 0 Å². The van der Waals surface area contributed by atoms with Gasteiger partial charge in [0, 0.05) is 5.57 Å². The van der Waals surface area contributed by atoms with Gasteiger partial charge >= 0.3 is 0 Å². The number of aromatic nitrogens is 2. The van der Waals surface area contributed by atoms with E-state index in [0.717, 1.165) is 5.57 Å². The molecule has 1 rings (SSSR count). The molecule has 1 aromatic rings. The Bertz CT molecular complexity index is 425. The molecule has 0 aliphatic rings. The van der Waals surface area contributed by atoms with Crippen molar-refractivity contribution < 1.29 is 4.52 Å². The lowest BCUT2D eigenvalue weighted by Crippen LogP contribution is -1.83. The molecule has 0 fully saturated rings. The summed E-state index contributed by atoms with van der Waals surface area (Å²) in [6.45, 7) is 10.7. The summed E-state index contributed by atoms with van der Waals surface area (Å²) in [7, 11) is 0. The van der Waals surface area contributed by atoms with Crippen LogP contribution < -0.4 is 0 Å². The molecule has 0 aliphatic heterocycles. The van der Waals surface area contributed by atoms with Crippen molar-refractivity contribution in [2.45, 2.75) is 0 Å². The smallest absolute Gasteiger partial charge is 0.250 e. The maximum atomic E-state index is 4.91. The van der Waals surface area contributed by atoms with Crippen molar-refractivity contribution in [2.75, 3.05) is 0 Å². The van der Waals surface area contributed by atoms with Gasteiger partial charge in [0.25, 0.3) is 0 Å². The molecule has 0 N–H and O–H groups in total. The third kappa shape index (κ3) is 2.91. The van der Waals surface area contributed by atoms with E-state index in [0.29, 0.717) is 11.7 Å². The Labute approximate surface area is 88.8 Å². The fourth-order valence-electron chi connectivity index (χ4n) is 0.939. The molecule has 76 valence electrons. The molecule has 3 nitrogen and oxygen atoms in total. The van der Waals surface area contributed by atoms with Gasteiger partial charge in [-0.15, -0.1) is 0 Å². The highest BCUT2D eigenvalue weighted by molar-refractivity contribution is 5.71. The van der Waals surface area contributed by atoms with Crippen molar-refractivity contribution in [1.82, 2.24) is 10.1 Å². The van der Waals surface area contributed by atoms with Gasteiger partial charge in [-0.05, 0) is 6.08 Å². The van der Waals surface area contributed by atoms with Crippen LogP contribution in [0.4, 0.5) is 0 Å². The van der Waals surface area contributed by atoms with Crippen molar-refractivity contribution >= 4 is 11.6 Å². The van der Waals surface area contributed by atoms with Gasteiger partial charge in [0.15, 0.2) is 0 Å². The Morgan fingerprint density at radius 3 is 2.53 bits per heavy atom. The molecular weight excluding hydrogens is 188 g/mol. The molecular formula is C12H12N2O. The van der Waals surface area contributed by atoms with Crippen LogP contribution in [-0.4, -0.2) is 10.1 Å². The predicted octanol–water partition coefficient (Wildman–Crippen LogP) is 3.02. The van der Waals surface area contributed by atoms with Crippen molar-refractivity contribution in [3.05, 3.63) is 61.8 Å². The summed E-state index contributed by atoms with van der Waals surface area (Å²) in [5.74, 6) is 0.898. The van der Waals surface area contributed by atoms with Crippen molar-refractivity contribution in [1.29, 1.82) is 0 Å². The molecule has 1 heterocycles. The molecule has 15 heavy (non-hydrogen) atoms. The summed E-state index contributed by atoms with van der Waals surface area (Å²) >= 11 is 0. The lowest BCUT2D eigenvalue weighted by Gasteiger charge is -1.90. The molecule has 0 aliphatic carbocycles. The van der Waals surface area contributed by atoms with E-state index in [9.17, 15) is 0 Å². The molecule has 0 spiro atoms. The maximum Gasteiger partial charge on any atom is 0.250 e. The van der Waals surface area contributed by atoms with Gasteiger partial charge in [-0.2, -0.15) is 4.98 Å². The molecule has 3 heteroatoms. The maximum absolute atomic E-state index is 4.91. The molecule has 0 radical (unpaired) electrons. The second kappa shape index (κ2) is 5.54. The Balaban J connectivity index is 3.03. The molecule has 0 bridgehead atoms. The quantitative estimate of drug-likeness (QED) is 0.686. The summed E-state index contributed by atoms with van der Waals surface area (Å²) in [6.07, 6.45) is 10.2. The minimum atomic E-state index is 0.395. The zero-order valence-electron chi connectivity index (χ0n) is 8.39. The Hall–Kier alpha value is -2.16. The standard InChI is InChI=1S/C12H12N2O/c1-4-7-9-10(8-5-2)12-13-11(6-3)15-14-12/h4-9H,1-3H2/b9-7-,10-8+. The highest BCUT2D eigenvalue weighted by atomic mass is 16.5. The van der Waals surface area contributed by atoms with E-state index in [2.05, 4.69) is 29.9 Å². The molecule has 0 saturated heterocycles. The van der Waals surface area contributed by atoms with E-state index in [-0.39, 0.29) is 0 Å². The fraction of sp³-hybridized carbons (Fsp3) is 0. The van der Waals surface area contributed by atoms with E-state index in [1.165, 1.54) is 6.08 Å². The summed E-state index contributed by atoms with van der Waals surface area (Å²) in [5.41, 5.74) is 0.807. The van der Waals surface area contributed by atoms with Crippen molar-refractivity contribution in [2.24, 2.45) is 0 Å². The average Bonchev–Trinajstić information content (AvgIpc) is 2.72. The largest absolute Gasteiger partial charge is 0.334 e. The first kappa shape index (κ1) is 10.9. The van der Waals surface area contributed by atoms with Gasteiger partial charge in [-0.1, -0.05) is 55.3 Å². The number of nitrogens with zero attached hydrogens (tertiary/aromatic N) is 2. The lowest BCUT2D eigenvalue weighted by molar-refractivity contribution is 0.408. The van der Waals surface area contributed by atoms with Gasteiger partial charge in [-0.3, -0.25) is 0 Å². The summed E-state index contributed by atoms with van der Waals surface area (Å²) in [5, 5.41) is 3.80. The third-order valence-corrected chi connectivity index (χ3v) is 1.58. The average molecular weight is 200 g/mol. The van der Waals surface area contributed by atoms with Crippen LogP contribution in [0.1, 0.15) is 11.7 Å². The van der Waals surface area contributed by atoms with E-state index >= 15 is 0 Å². The SMILES string of the molecule is C=C/C=C\C(=C/C=C)c1noc(C=C)n1. The van der Waals surface area contributed by atoms with Crippen LogP contribution in [0.15, 0.2) is 54.6 Å². The first-order valence-corrected chi connectivity index (χ1v) is 4.40. The Kier molecular flexibility index (Phi) is 4.04. The molecule has 0 saturated carbocycles. The highest BCUT2D eigenvalue weighted by Crippen LogP contribution is 2.13. The third-order valence-electron chi connectivity index (χ3n) is 1.58. The van der Waals surface area contributed by atoms with Crippen LogP contribution in [0.3, 0.4) is 0 Å². The zero-order valence-corrected chi connectivity index (χ0v) is 8.39. The molecule has 0 unspecified atom stereocenters. The Morgan fingerprint density at radius 2 is 2.00 bits per heavy atom. The predicted molar refractivity (Wildman–Crippen MR) is 61.9 cm³/mol. The fourth-order valence-corrected chi connectivity index (χ4v) is 0.939. The first-order valence-electron chi connectivity index (χ1n) is 4.40. The number of hydrogen-bond acceptors (Lipinski definition) is 3. The van der Waals surface area contributed by atoms with Crippen LogP contribution >= 0.6 is 0 Å². The number of hydrogen-bond donors (Lipinski definition) is 0. The second-order valence-electron chi connectivity index (χ2n) is 2.61. The van der Waals surface area contributed by atoms with Crippen molar-refractivity contribution in [3.8, 4) is 0 Å². The number of rotatable bonds is 5. The molecule has 1 aromatic heterocycles. The van der Waals surface area contributed by atoms with Crippen LogP contribution in [0, 0.1) is 0 Å². The van der Waals surface area contributed by atoms with Gasteiger partial charge in [0.2, 0.25) is 11.7 Å². The molecule has 0 atom stereocenters. The van der Waals surface area contributed by atoms with E-state index in [1.807, 2.05) is 6.08 Å². The van der Waals surface area contributed by atoms with Crippen LogP contribution in [0.5, 0.6) is 0 Å². The minimum Gasteiger partial charge on any atom is -0.334 e. The van der Waals surface area contributed by atoms with E-state index < -0.39 is 0 Å². The van der Waals surface area contributed by atoms with Gasteiger partial charge in [0.1, 0.15) is 0 Å². The zero-order chi connectivity index (χ0) is 11.1. The topological polar surface area (TPSA) is 38.9 Å². The summed E-state index contributed by atoms with van der Waals surface area (Å²) in [4.78, 5) is 4.10. The summed E-state index contributed by atoms with van der Waals surface area (Å²) in [6, 6.07) is 0.